The number of carboxylic acid groups (broad SMARTS) is 1. The van der Waals surface area contributed by atoms with Crippen LogP contribution in [0.15, 0.2) is 54.1 Å². The fraction of sp³-hybridized carbons (Fsp3) is 0.357. The third-order valence-electron chi connectivity index (χ3n) is 7.42. The molecule has 188 valence electrons. The fourth-order valence-electron chi connectivity index (χ4n) is 5.44. The van der Waals surface area contributed by atoms with Gasteiger partial charge in [-0.25, -0.2) is 4.98 Å². The predicted molar refractivity (Wildman–Crippen MR) is 135 cm³/mol. The zero-order chi connectivity index (χ0) is 25.4. The summed E-state index contributed by atoms with van der Waals surface area (Å²) >= 11 is 6.59. The van der Waals surface area contributed by atoms with Gasteiger partial charge in [-0.3, -0.25) is 4.79 Å². The van der Waals surface area contributed by atoms with E-state index in [4.69, 9.17) is 16.7 Å². The summed E-state index contributed by atoms with van der Waals surface area (Å²) in [5.41, 5.74) is 4.31. The number of aromatic nitrogens is 2. The summed E-state index contributed by atoms with van der Waals surface area (Å²) in [6.07, 6.45) is 6.14. The molecule has 1 saturated carbocycles. The Morgan fingerprint density at radius 1 is 1.06 bits per heavy atom. The van der Waals surface area contributed by atoms with E-state index in [0.29, 0.717) is 39.3 Å². The van der Waals surface area contributed by atoms with Crippen molar-refractivity contribution < 1.29 is 23.1 Å². The number of nitrogens with one attached hydrogen (secondary N) is 1. The Bertz CT molecular complexity index is 1360. The maximum Gasteiger partial charge on any atom is 0.416 e. The number of alkyl halides is 3. The Morgan fingerprint density at radius 3 is 2.47 bits per heavy atom. The highest BCUT2D eigenvalue weighted by Crippen LogP contribution is 2.40. The molecule has 3 aromatic rings. The van der Waals surface area contributed by atoms with E-state index in [2.05, 4.69) is 22.1 Å². The molecule has 1 fully saturated rings. The van der Waals surface area contributed by atoms with Crippen molar-refractivity contribution in [2.75, 3.05) is 0 Å². The number of carbonyl (C=O) groups is 1. The van der Waals surface area contributed by atoms with Gasteiger partial charge < -0.3 is 10.1 Å². The maximum atomic E-state index is 13.0. The normalized spacial score (nSPS) is 20.8. The van der Waals surface area contributed by atoms with Crippen LogP contribution in [0, 0.1) is 11.8 Å². The van der Waals surface area contributed by atoms with Gasteiger partial charge in [-0.15, -0.1) is 0 Å². The van der Waals surface area contributed by atoms with Crippen LogP contribution in [0.4, 0.5) is 13.2 Å². The van der Waals surface area contributed by atoms with Gasteiger partial charge in [-0.1, -0.05) is 35.4 Å². The van der Waals surface area contributed by atoms with Gasteiger partial charge in [0.1, 0.15) is 5.82 Å². The summed E-state index contributed by atoms with van der Waals surface area (Å²) in [4.78, 5) is 18.4. The average Bonchev–Trinajstić information content (AvgIpc) is 3.27. The van der Waals surface area contributed by atoms with Crippen LogP contribution in [0.5, 0.6) is 0 Å². The molecule has 2 aromatic carbocycles. The molecule has 36 heavy (non-hydrogen) atoms. The largest absolute Gasteiger partial charge is 0.481 e. The van der Waals surface area contributed by atoms with Crippen LogP contribution in [0.2, 0.25) is 5.02 Å². The number of hydrogen-bond donors (Lipinski definition) is 2. The van der Waals surface area contributed by atoms with Crippen molar-refractivity contribution in [2.24, 2.45) is 11.8 Å². The lowest BCUT2D eigenvalue weighted by Crippen LogP contribution is -2.19. The summed E-state index contributed by atoms with van der Waals surface area (Å²) in [7, 11) is 0. The van der Waals surface area contributed by atoms with E-state index in [1.54, 1.807) is 0 Å². The van der Waals surface area contributed by atoms with Gasteiger partial charge in [0.2, 0.25) is 0 Å². The Balaban J connectivity index is 1.31. The Morgan fingerprint density at radius 2 is 1.83 bits per heavy atom. The minimum absolute atomic E-state index is 0.273. The fourth-order valence-corrected chi connectivity index (χ4v) is 5.71. The number of rotatable bonds is 5. The highest BCUT2D eigenvalue weighted by Gasteiger charge is 2.31. The van der Waals surface area contributed by atoms with Gasteiger partial charge in [-0.2, -0.15) is 13.2 Å². The van der Waals surface area contributed by atoms with Gasteiger partial charge in [-0.05, 0) is 91.8 Å². The van der Waals surface area contributed by atoms with Crippen LogP contribution in [-0.2, 0) is 11.0 Å². The third kappa shape index (κ3) is 5.21. The van der Waals surface area contributed by atoms with Crippen LogP contribution in [-0.4, -0.2) is 21.0 Å². The summed E-state index contributed by atoms with van der Waals surface area (Å²) in [6.45, 7) is 0. The number of aromatic amines is 1. The number of carboxylic acids is 1. The van der Waals surface area contributed by atoms with E-state index in [0.717, 1.165) is 56.2 Å². The number of benzene rings is 2. The van der Waals surface area contributed by atoms with Crippen molar-refractivity contribution in [1.82, 2.24) is 9.97 Å². The molecule has 0 radical (unpaired) electrons. The quantitative estimate of drug-likeness (QED) is 0.360. The zero-order valence-electron chi connectivity index (χ0n) is 19.5. The average molecular weight is 515 g/mol. The molecule has 0 unspecified atom stereocenters. The first-order valence-corrected chi connectivity index (χ1v) is 12.5. The second-order valence-corrected chi connectivity index (χ2v) is 10.2. The van der Waals surface area contributed by atoms with E-state index < -0.39 is 17.7 Å². The minimum atomic E-state index is -4.42. The van der Waals surface area contributed by atoms with E-state index >= 15 is 0 Å². The minimum Gasteiger partial charge on any atom is -0.481 e. The number of imidazole rings is 1. The first kappa shape index (κ1) is 24.6. The van der Waals surface area contributed by atoms with Crippen LogP contribution >= 0.6 is 11.6 Å². The van der Waals surface area contributed by atoms with Gasteiger partial charge in [0.15, 0.2) is 0 Å². The number of nitrogens with zero attached hydrogens (tertiary/aromatic N) is 1. The number of allylic oxidation sites excluding steroid dienone is 4. The molecular formula is C28H26ClF3N2O2. The lowest BCUT2D eigenvalue weighted by molar-refractivity contribution is -0.139. The summed E-state index contributed by atoms with van der Waals surface area (Å²) in [5, 5.41) is 9.50. The van der Waals surface area contributed by atoms with Crippen molar-refractivity contribution in [2.45, 2.75) is 51.1 Å². The van der Waals surface area contributed by atoms with Crippen LogP contribution < -0.4 is 0 Å². The summed E-state index contributed by atoms with van der Waals surface area (Å²) < 4.78 is 39.1. The monoisotopic (exact) mass is 514 g/mol. The molecule has 0 spiro atoms. The standard InChI is InChI=1S/C28H26ClF3N2O2/c29-23-14-20(19-7-5-18(6-8-19)17-3-1-16(2-4-17)13-26(35)36)9-11-22(23)27-33-24-12-10-21(28(30,31)32)15-25(24)34-27/h5,7,9-12,14-17H,1-4,6,8,13H2,(H,33,34)(H,35,36). The lowest BCUT2D eigenvalue weighted by atomic mass is 9.75. The lowest BCUT2D eigenvalue weighted by Gasteiger charge is -2.30. The van der Waals surface area contributed by atoms with E-state index in [1.165, 1.54) is 17.2 Å². The molecule has 2 aliphatic carbocycles. The van der Waals surface area contributed by atoms with Crippen molar-refractivity contribution >= 4 is 34.2 Å². The van der Waals surface area contributed by atoms with Crippen molar-refractivity contribution in [3.63, 3.8) is 0 Å². The van der Waals surface area contributed by atoms with Crippen LogP contribution in [0.3, 0.4) is 0 Å². The topological polar surface area (TPSA) is 66.0 Å². The van der Waals surface area contributed by atoms with Gasteiger partial charge in [0.25, 0.3) is 0 Å². The second-order valence-electron chi connectivity index (χ2n) is 9.76. The molecular weight excluding hydrogens is 489 g/mol. The second kappa shape index (κ2) is 9.77. The first-order chi connectivity index (χ1) is 17.2. The highest BCUT2D eigenvalue weighted by molar-refractivity contribution is 6.33. The van der Waals surface area contributed by atoms with Gasteiger partial charge >= 0.3 is 12.1 Å². The molecule has 1 aromatic heterocycles. The van der Waals surface area contributed by atoms with Crippen molar-refractivity contribution in [1.29, 1.82) is 0 Å². The number of H-pyrrole nitrogens is 1. The predicted octanol–water partition coefficient (Wildman–Crippen LogP) is 8.29. The Hall–Kier alpha value is -3.06. The Labute approximate surface area is 211 Å². The first-order valence-electron chi connectivity index (χ1n) is 12.2. The zero-order valence-corrected chi connectivity index (χ0v) is 20.3. The van der Waals surface area contributed by atoms with Gasteiger partial charge in [0, 0.05) is 12.0 Å². The van der Waals surface area contributed by atoms with E-state index in [1.807, 2.05) is 18.2 Å². The molecule has 0 bridgehead atoms. The molecule has 2 aliphatic rings. The maximum absolute atomic E-state index is 13.0. The highest BCUT2D eigenvalue weighted by atomic mass is 35.5. The number of fused-ring (bicyclic) bond motifs is 1. The molecule has 1 heterocycles. The molecule has 2 N–H and O–H groups in total. The molecule has 0 amide bonds. The van der Waals surface area contributed by atoms with Crippen LogP contribution in [0.25, 0.3) is 28.0 Å². The summed E-state index contributed by atoms with van der Waals surface area (Å²) in [5.74, 6) is 0.556. The van der Waals surface area contributed by atoms with Gasteiger partial charge in [0.05, 0.1) is 21.6 Å². The summed E-state index contributed by atoms with van der Waals surface area (Å²) in [6, 6.07) is 9.14. The van der Waals surface area contributed by atoms with Crippen LogP contribution in [0.1, 0.15) is 56.1 Å². The molecule has 0 aliphatic heterocycles. The number of hydrogen-bond acceptors (Lipinski definition) is 2. The smallest absolute Gasteiger partial charge is 0.416 e. The number of halogens is 4. The van der Waals surface area contributed by atoms with Crippen molar-refractivity contribution in [3.8, 4) is 11.4 Å². The molecule has 0 atom stereocenters. The van der Waals surface area contributed by atoms with Crippen molar-refractivity contribution in [3.05, 3.63) is 70.3 Å². The molecule has 5 rings (SSSR count). The third-order valence-corrected chi connectivity index (χ3v) is 7.73. The SMILES string of the molecule is O=C(O)CC1CCC(C2=CC=C(c3ccc(-c4nc5ccc(C(F)(F)F)cc5[nH]4)c(Cl)c3)CC2)CC1. The van der Waals surface area contributed by atoms with E-state index in [9.17, 15) is 18.0 Å². The Kier molecular flexibility index (Phi) is 6.68. The molecule has 0 saturated heterocycles. The molecule has 4 nitrogen and oxygen atoms in total. The van der Waals surface area contributed by atoms with E-state index in [-0.39, 0.29) is 6.42 Å². The number of aliphatic carboxylic acids is 1. The molecule has 8 heteroatoms.